The Hall–Kier alpha value is -2.93. The average molecular weight is 369 g/mol. The van der Waals surface area contributed by atoms with Gasteiger partial charge in [-0.15, -0.1) is 0 Å². The molecule has 26 heavy (non-hydrogen) atoms. The summed E-state index contributed by atoms with van der Waals surface area (Å²) in [5.74, 6) is 1.01. The van der Waals surface area contributed by atoms with Crippen LogP contribution in [-0.2, 0) is 0 Å². The Morgan fingerprint density at radius 1 is 0.962 bits per heavy atom. The van der Waals surface area contributed by atoms with Crippen molar-refractivity contribution in [3.63, 3.8) is 0 Å². The second kappa shape index (κ2) is 7.13. The van der Waals surface area contributed by atoms with Crippen molar-refractivity contribution in [1.29, 1.82) is 0 Å². The molecule has 8 heteroatoms. The first-order chi connectivity index (χ1) is 12.7. The number of nitrogens with zero attached hydrogens (tertiary/aromatic N) is 5. The minimum atomic E-state index is -0.335. The average Bonchev–Trinajstić information content (AvgIpc) is 2.71. The molecule has 0 spiro atoms. The summed E-state index contributed by atoms with van der Waals surface area (Å²) in [6.07, 6.45) is 6.95. The van der Waals surface area contributed by atoms with Gasteiger partial charge in [-0.3, -0.25) is 14.8 Å². The third kappa shape index (κ3) is 3.25. The highest BCUT2D eigenvalue weighted by atomic mass is 35.5. The molecule has 4 rings (SSSR count). The molecule has 3 aromatic heterocycles. The molecule has 3 aromatic rings. The Balaban J connectivity index is 1.59. The largest absolute Gasteiger partial charge is 0.367 e. The van der Waals surface area contributed by atoms with Crippen LogP contribution in [0, 0.1) is 0 Å². The van der Waals surface area contributed by atoms with Gasteiger partial charge in [0.05, 0.1) is 11.9 Å². The highest BCUT2D eigenvalue weighted by Gasteiger charge is 2.22. The van der Waals surface area contributed by atoms with E-state index in [1.54, 1.807) is 30.7 Å². The number of aromatic amines is 1. The third-order valence-electron chi connectivity index (χ3n) is 4.39. The van der Waals surface area contributed by atoms with Crippen molar-refractivity contribution in [2.45, 2.75) is 0 Å². The van der Waals surface area contributed by atoms with Crippen molar-refractivity contribution in [3.05, 3.63) is 64.4 Å². The molecule has 0 aromatic carbocycles. The van der Waals surface area contributed by atoms with Gasteiger partial charge in [-0.2, -0.15) is 0 Å². The first-order valence-corrected chi connectivity index (χ1v) is 8.70. The maximum Gasteiger partial charge on any atom is 0.272 e. The number of anilines is 2. The van der Waals surface area contributed by atoms with E-state index in [0.717, 1.165) is 37.4 Å². The highest BCUT2D eigenvalue weighted by Crippen LogP contribution is 2.25. The minimum absolute atomic E-state index is 0.123. The standard InChI is InChI=1S/C18H17ClN6O/c19-15-17(22-16(23-18(15)26)13-3-6-20-7-4-13)25-10-8-24(9-11-25)14-2-1-5-21-12-14/h1-7,12H,8-11H2,(H,22,23,26). The summed E-state index contributed by atoms with van der Waals surface area (Å²) in [7, 11) is 0. The van der Waals surface area contributed by atoms with E-state index in [9.17, 15) is 4.79 Å². The molecule has 7 nitrogen and oxygen atoms in total. The molecule has 0 bridgehead atoms. The Morgan fingerprint density at radius 3 is 2.38 bits per heavy atom. The fraction of sp³-hybridized carbons (Fsp3) is 0.222. The molecule has 1 N–H and O–H groups in total. The van der Waals surface area contributed by atoms with Crippen LogP contribution in [0.2, 0.25) is 5.02 Å². The molecular weight excluding hydrogens is 352 g/mol. The van der Waals surface area contributed by atoms with E-state index < -0.39 is 0 Å². The van der Waals surface area contributed by atoms with Crippen LogP contribution in [0.5, 0.6) is 0 Å². The van der Waals surface area contributed by atoms with Gasteiger partial charge in [0, 0.05) is 50.3 Å². The molecule has 0 saturated carbocycles. The molecule has 0 unspecified atom stereocenters. The summed E-state index contributed by atoms with van der Waals surface area (Å²) >= 11 is 6.26. The number of aromatic nitrogens is 4. The van der Waals surface area contributed by atoms with Crippen molar-refractivity contribution in [3.8, 4) is 11.4 Å². The van der Waals surface area contributed by atoms with Gasteiger partial charge in [0.2, 0.25) is 0 Å². The van der Waals surface area contributed by atoms with E-state index in [1.807, 2.05) is 18.3 Å². The third-order valence-corrected chi connectivity index (χ3v) is 4.73. The van der Waals surface area contributed by atoms with Crippen molar-refractivity contribution in [2.24, 2.45) is 0 Å². The normalized spacial score (nSPS) is 14.5. The second-order valence-corrected chi connectivity index (χ2v) is 6.35. The number of piperazine rings is 1. The van der Waals surface area contributed by atoms with E-state index in [2.05, 4.69) is 29.7 Å². The Morgan fingerprint density at radius 2 is 1.69 bits per heavy atom. The first-order valence-electron chi connectivity index (χ1n) is 8.32. The molecule has 1 fully saturated rings. The van der Waals surface area contributed by atoms with Gasteiger partial charge in [0.25, 0.3) is 5.56 Å². The highest BCUT2D eigenvalue weighted by molar-refractivity contribution is 6.32. The van der Waals surface area contributed by atoms with Crippen LogP contribution in [0.1, 0.15) is 0 Å². The van der Waals surface area contributed by atoms with Crippen LogP contribution in [0.15, 0.2) is 53.8 Å². The molecule has 0 amide bonds. The molecule has 1 saturated heterocycles. The number of rotatable bonds is 3. The Bertz CT molecular complexity index is 939. The summed E-state index contributed by atoms with van der Waals surface area (Å²) in [4.78, 5) is 32.1. The van der Waals surface area contributed by atoms with E-state index in [-0.39, 0.29) is 10.6 Å². The first kappa shape index (κ1) is 16.5. The summed E-state index contributed by atoms with van der Waals surface area (Å²) in [5, 5.41) is 0.123. The lowest BCUT2D eigenvalue weighted by Gasteiger charge is -2.36. The van der Waals surface area contributed by atoms with Crippen LogP contribution in [0.25, 0.3) is 11.4 Å². The van der Waals surface area contributed by atoms with Crippen molar-refractivity contribution >= 4 is 23.1 Å². The SMILES string of the molecule is O=c1[nH]c(-c2ccncc2)nc(N2CCN(c3cccnc3)CC2)c1Cl. The molecular formula is C18H17ClN6O. The van der Waals surface area contributed by atoms with Crippen molar-refractivity contribution in [1.82, 2.24) is 19.9 Å². The van der Waals surface area contributed by atoms with E-state index in [4.69, 9.17) is 11.6 Å². The van der Waals surface area contributed by atoms with Gasteiger partial charge in [0.15, 0.2) is 5.82 Å². The Labute approximate surface area is 155 Å². The lowest BCUT2D eigenvalue weighted by atomic mass is 10.2. The summed E-state index contributed by atoms with van der Waals surface area (Å²) in [5.41, 5.74) is 1.55. The zero-order valence-electron chi connectivity index (χ0n) is 14.0. The fourth-order valence-corrected chi connectivity index (χ4v) is 3.23. The molecule has 1 aliphatic heterocycles. The van der Waals surface area contributed by atoms with E-state index >= 15 is 0 Å². The van der Waals surface area contributed by atoms with Crippen molar-refractivity contribution < 1.29 is 0 Å². The number of nitrogens with one attached hydrogen (secondary N) is 1. The predicted octanol–water partition coefficient (Wildman–Crippen LogP) is 2.21. The van der Waals surface area contributed by atoms with Crippen LogP contribution in [-0.4, -0.2) is 46.1 Å². The zero-order chi connectivity index (χ0) is 17.9. The monoisotopic (exact) mass is 368 g/mol. The number of H-pyrrole nitrogens is 1. The molecule has 1 aliphatic rings. The van der Waals surface area contributed by atoms with Gasteiger partial charge in [-0.1, -0.05) is 11.6 Å². The number of halogens is 1. The van der Waals surface area contributed by atoms with E-state index in [1.165, 1.54) is 0 Å². The smallest absolute Gasteiger partial charge is 0.272 e. The second-order valence-electron chi connectivity index (χ2n) is 5.97. The lowest BCUT2D eigenvalue weighted by molar-refractivity contribution is 0.646. The number of hydrogen-bond acceptors (Lipinski definition) is 6. The van der Waals surface area contributed by atoms with Crippen LogP contribution < -0.4 is 15.4 Å². The molecule has 0 atom stereocenters. The zero-order valence-corrected chi connectivity index (χ0v) is 14.7. The number of hydrogen-bond donors (Lipinski definition) is 1. The topological polar surface area (TPSA) is 78.0 Å². The lowest BCUT2D eigenvalue weighted by Crippen LogP contribution is -2.47. The van der Waals surface area contributed by atoms with Crippen LogP contribution in [0.3, 0.4) is 0 Å². The van der Waals surface area contributed by atoms with Crippen LogP contribution in [0.4, 0.5) is 11.5 Å². The Kier molecular flexibility index (Phi) is 4.53. The molecule has 0 radical (unpaired) electrons. The number of pyridine rings is 2. The minimum Gasteiger partial charge on any atom is -0.367 e. The maximum absolute atomic E-state index is 12.3. The van der Waals surface area contributed by atoms with Gasteiger partial charge in [-0.05, 0) is 24.3 Å². The van der Waals surface area contributed by atoms with Gasteiger partial charge >= 0.3 is 0 Å². The predicted molar refractivity (Wildman–Crippen MR) is 102 cm³/mol. The summed E-state index contributed by atoms with van der Waals surface area (Å²) in [6.45, 7) is 3.06. The fourth-order valence-electron chi connectivity index (χ4n) is 3.02. The molecule has 4 heterocycles. The van der Waals surface area contributed by atoms with Gasteiger partial charge in [0.1, 0.15) is 10.8 Å². The summed E-state index contributed by atoms with van der Waals surface area (Å²) < 4.78 is 0. The van der Waals surface area contributed by atoms with Gasteiger partial charge < -0.3 is 14.8 Å². The molecule has 132 valence electrons. The quantitative estimate of drug-likeness (QED) is 0.763. The molecule has 0 aliphatic carbocycles. The van der Waals surface area contributed by atoms with E-state index in [0.29, 0.717) is 11.6 Å². The van der Waals surface area contributed by atoms with Gasteiger partial charge in [-0.25, -0.2) is 4.98 Å². The van der Waals surface area contributed by atoms with Crippen molar-refractivity contribution in [2.75, 3.05) is 36.0 Å². The summed E-state index contributed by atoms with van der Waals surface area (Å²) in [6, 6.07) is 7.58. The maximum atomic E-state index is 12.3. The van der Waals surface area contributed by atoms with Crippen LogP contribution >= 0.6 is 11.6 Å².